The Bertz CT molecular complexity index is 269. The predicted molar refractivity (Wildman–Crippen MR) is 61.8 cm³/mol. The molecule has 64 valence electrons. The summed E-state index contributed by atoms with van der Waals surface area (Å²) in [6.45, 7) is 0. The Morgan fingerprint density at radius 1 is 1.25 bits per heavy atom. The Labute approximate surface area is 89.6 Å². The Morgan fingerprint density at radius 3 is 2.67 bits per heavy atom. The molecule has 0 aromatic heterocycles. The molecule has 2 rings (SSSR count). The van der Waals surface area contributed by atoms with Crippen LogP contribution in [0.5, 0.6) is 0 Å². The highest BCUT2D eigenvalue weighted by Crippen LogP contribution is 2.45. The molecule has 0 spiro atoms. The van der Waals surface area contributed by atoms with E-state index in [9.17, 15) is 0 Å². The van der Waals surface area contributed by atoms with Crippen LogP contribution in [0.15, 0.2) is 28.7 Å². The van der Waals surface area contributed by atoms with Crippen molar-refractivity contribution in [2.75, 3.05) is 11.5 Å². The van der Waals surface area contributed by atoms with Gasteiger partial charge in [0.2, 0.25) is 0 Å². The van der Waals surface area contributed by atoms with E-state index >= 15 is 0 Å². The van der Waals surface area contributed by atoms with Gasteiger partial charge in [0.1, 0.15) is 0 Å². The molecule has 0 nitrogen and oxygen atoms in total. The lowest BCUT2D eigenvalue weighted by atomic mass is 10.2. The van der Waals surface area contributed by atoms with Crippen molar-refractivity contribution in [3.8, 4) is 0 Å². The average molecular weight is 261 g/mol. The molecule has 0 amide bonds. The van der Waals surface area contributed by atoms with Crippen LogP contribution in [-0.4, -0.2) is 11.5 Å². The topological polar surface area (TPSA) is 0 Å². The number of halogens is 1. The van der Waals surface area contributed by atoms with Crippen LogP contribution < -0.4 is 0 Å². The Balaban J connectivity index is 2.21. The minimum Gasteiger partial charge on any atom is -0.142 e. The molecule has 0 bridgehead atoms. The fourth-order valence-corrected chi connectivity index (χ4v) is 4.46. The quantitative estimate of drug-likeness (QED) is 0.751. The third-order valence-corrected chi connectivity index (χ3v) is 5.34. The zero-order valence-corrected chi connectivity index (χ0v) is 9.71. The van der Waals surface area contributed by atoms with Gasteiger partial charge in [-0.15, -0.1) is 23.5 Å². The van der Waals surface area contributed by atoms with Gasteiger partial charge in [-0.3, -0.25) is 0 Å². The second-order valence-corrected chi connectivity index (χ2v) is 6.27. The molecule has 3 heteroatoms. The summed E-state index contributed by atoms with van der Waals surface area (Å²) in [7, 11) is 0. The normalized spacial score (nSPS) is 18.4. The van der Waals surface area contributed by atoms with Gasteiger partial charge in [-0.05, 0) is 17.7 Å². The van der Waals surface area contributed by atoms with Gasteiger partial charge >= 0.3 is 0 Å². The minimum absolute atomic E-state index is 0.669. The fourth-order valence-electron chi connectivity index (χ4n) is 1.20. The molecule has 12 heavy (non-hydrogen) atoms. The molecule has 0 atom stereocenters. The molecule has 0 unspecified atom stereocenters. The van der Waals surface area contributed by atoms with Gasteiger partial charge in [0, 0.05) is 16.0 Å². The van der Waals surface area contributed by atoms with Gasteiger partial charge < -0.3 is 0 Å². The lowest BCUT2D eigenvalue weighted by molar-refractivity contribution is 1.38. The molecule has 0 N–H and O–H groups in total. The summed E-state index contributed by atoms with van der Waals surface area (Å²) in [6, 6.07) is 8.61. The van der Waals surface area contributed by atoms with Crippen molar-refractivity contribution in [1.82, 2.24) is 0 Å². The fraction of sp³-hybridized carbons (Fsp3) is 0.333. The summed E-state index contributed by atoms with van der Waals surface area (Å²) in [5, 5.41) is 0. The Morgan fingerprint density at radius 2 is 2.00 bits per heavy atom. The highest BCUT2D eigenvalue weighted by Gasteiger charge is 2.17. The van der Waals surface area contributed by atoms with Gasteiger partial charge in [0.15, 0.2) is 0 Å². The first-order chi connectivity index (χ1) is 5.86. The van der Waals surface area contributed by atoms with Crippen molar-refractivity contribution >= 4 is 39.5 Å². The van der Waals surface area contributed by atoms with E-state index in [1.165, 1.54) is 21.5 Å². The monoisotopic (exact) mass is 260 g/mol. The number of rotatable bonds is 1. The first-order valence-corrected chi connectivity index (χ1v) is 6.74. The molecule has 1 aromatic carbocycles. The van der Waals surface area contributed by atoms with Crippen LogP contribution in [0.4, 0.5) is 0 Å². The molecular weight excluding hydrogens is 252 g/mol. The highest BCUT2D eigenvalue weighted by atomic mass is 79.9. The number of hydrogen-bond acceptors (Lipinski definition) is 2. The van der Waals surface area contributed by atoms with Crippen LogP contribution in [0.25, 0.3) is 0 Å². The third kappa shape index (κ3) is 2.01. The molecule has 1 heterocycles. The van der Waals surface area contributed by atoms with Crippen LogP contribution in [0.3, 0.4) is 0 Å². The van der Waals surface area contributed by atoms with Crippen molar-refractivity contribution in [2.45, 2.75) is 4.58 Å². The number of thioether (sulfide) groups is 2. The largest absolute Gasteiger partial charge is 0.142 e. The van der Waals surface area contributed by atoms with Crippen LogP contribution in [-0.2, 0) is 0 Å². The smallest absolute Gasteiger partial charge is 0.0752 e. The van der Waals surface area contributed by atoms with Crippen LogP contribution in [0, 0.1) is 0 Å². The van der Waals surface area contributed by atoms with Gasteiger partial charge in [-0.25, -0.2) is 0 Å². The molecule has 1 aromatic rings. The van der Waals surface area contributed by atoms with Gasteiger partial charge in [0.05, 0.1) is 4.58 Å². The molecule has 1 saturated heterocycles. The van der Waals surface area contributed by atoms with Crippen molar-refractivity contribution in [3.05, 3.63) is 34.3 Å². The second kappa shape index (κ2) is 4.07. The molecule has 1 aliphatic heterocycles. The number of benzene rings is 1. The van der Waals surface area contributed by atoms with Gasteiger partial charge in [-0.1, -0.05) is 28.1 Å². The Kier molecular flexibility index (Phi) is 3.05. The van der Waals surface area contributed by atoms with E-state index in [4.69, 9.17) is 0 Å². The molecule has 0 aliphatic carbocycles. The SMILES string of the molecule is Brc1cccc(C2SCCS2)c1. The molecule has 1 fully saturated rings. The van der Waals surface area contributed by atoms with E-state index in [2.05, 4.69) is 40.2 Å². The molecule has 0 radical (unpaired) electrons. The lowest BCUT2D eigenvalue weighted by Gasteiger charge is -2.07. The van der Waals surface area contributed by atoms with Crippen LogP contribution >= 0.6 is 39.5 Å². The summed E-state index contributed by atoms with van der Waals surface area (Å²) in [5.74, 6) is 2.59. The lowest BCUT2D eigenvalue weighted by Crippen LogP contribution is -1.83. The second-order valence-electron chi connectivity index (χ2n) is 2.63. The van der Waals surface area contributed by atoms with Crippen molar-refractivity contribution in [2.24, 2.45) is 0 Å². The van der Waals surface area contributed by atoms with E-state index < -0.39 is 0 Å². The van der Waals surface area contributed by atoms with Crippen molar-refractivity contribution in [1.29, 1.82) is 0 Å². The predicted octanol–water partition coefficient (Wildman–Crippen LogP) is 3.93. The van der Waals surface area contributed by atoms with E-state index in [1.807, 2.05) is 23.5 Å². The van der Waals surface area contributed by atoms with E-state index in [-0.39, 0.29) is 0 Å². The first kappa shape index (κ1) is 8.97. The standard InChI is InChI=1S/C9H9BrS2/c10-8-3-1-2-7(6-8)9-11-4-5-12-9/h1-3,6,9H,4-5H2. The van der Waals surface area contributed by atoms with E-state index in [0.29, 0.717) is 4.58 Å². The summed E-state index contributed by atoms with van der Waals surface area (Å²) < 4.78 is 1.86. The van der Waals surface area contributed by atoms with Gasteiger partial charge in [-0.2, -0.15) is 0 Å². The van der Waals surface area contributed by atoms with Crippen molar-refractivity contribution < 1.29 is 0 Å². The molecular formula is C9H9BrS2. The maximum absolute atomic E-state index is 3.49. The maximum atomic E-state index is 3.49. The minimum atomic E-state index is 0.669. The maximum Gasteiger partial charge on any atom is 0.0752 e. The first-order valence-electron chi connectivity index (χ1n) is 3.85. The molecule has 1 aliphatic rings. The summed E-state index contributed by atoms with van der Waals surface area (Å²) in [6.07, 6.45) is 0. The molecule has 0 saturated carbocycles. The average Bonchev–Trinajstić information content (AvgIpc) is 2.56. The zero-order valence-electron chi connectivity index (χ0n) is 6.50. The third-order valence-electron chi connectivity index (χ3n) is 1.74. The van der Waals surface area contributed by atoms with Crippen LogP contribution in [0.1, 0.15) is 10.1 Å². The van der Waals surface area contributed by atoms with E-state index in [0.717, 1.165) is 0 Å². The number of hydrogen-bond donors (Lipinski definition) is 0. The van der Waals surface area contributed by atoms with Crippen molar-refractivity contribution in [3.63, 3.8) is 0 Å². The zero-order chi connectivity index (χ0) is 8.39. The van der Waals surface area contributed by atoms with Crippen LogP contribution in [0.2, 0.25) is 0 Å². The summed E-state index contributed by atoms with van der Waals surface area (Å²) in [4.78, 5) is 0. The summed E-state index contributed by atoms with van der Waals surface area (Å²) in [5.41, 5.74) is 1.44. The summed E-state index contributed by atoms with van der Waals surface area (Å²) >= 11 is 7.58. The Hall–Kier alpha value is 0.400. The van der Waals surface area contributed by atoms with E-state index in [1.54, 1.807) is 0 Å². The highest BCUT2D eigenvalue weighted by molar-refractivity contribution is 9.10. The van der Waals surface area contributed by atoms with Gasteiger partial charge in [0.25, 0.3) is 0 Å².